The molecular formula is C15H20N2O3. The lowest BCUT2D eigenvalue weighted by Gasteiger charge is -2.35. The van der Waals surface area contributed by atoms with Gasteiger partial charge >= 0.3 is 0 Å². The van der Waals surface area contributed by atoms with Gasteiger partial charge in [0, 0.05) is 31.3 Å². The molecule has 108 valence electrons. The van der Waals surface area contributed by atoms with Crippen LogP contribution in [0.2, 0.25) is 0 Å². The highest BCUT2D eigenvalue weighted by atomic mass is 16.5. The summed E-state index contributed by atoms with van der Waals surface area (Å²) in [4.78, 5) is 25.2. The Balaban J connectivity index is 2.07. The van der Waals surface area contributed by atoms with Crippen molar-refractivity contribution < 1.29 is 14.3 Å². The number of nitrogens with one attached hydrogen (secondary N) is 1. The van der Waals surface area contributed by atoms with Gasteiger partial charge in [0.15, 0.2) is 0 Å². The molecule has 1 aromatic rings. The highest BCUT2D eigenvalue weighted by Crippen LogP contribution is 2.16. The number of carbonyl (C=O) groups is 2. The van der Waals surface area contributed by atoms with Gasteiger partial charge in [-0.05, 0) is 38.1 Å². The molecule has 1 saturated heterocycles. The second kappa shape index (κ2) is 6.05. The molecule has 2 amide bonds. The standard InChI is InChI=1S/C15H20N2O3/c1-10-8-17(9-11(2)20-10)15(19)13-4-6-14(7-5-13)16-12(3)18/h4-7,10-11H,8-9H2,1-3H3,(H,16,18). The number of carbonyl (C=O) groups excluding carboxylic acids is 2. The summed E-state index contributed by atoms with van der Waals surface area (Å²) < 4.78 is 5.62. The second-order valence-corrected chi connectivity index (χ2v) is 5.23. The lowest BCUT2D eigenvalue weighted by molar-refractivity contribution is -0.114. The van der Waals surface area contributed by atoms with Crippen LogP contribution in [-0.2, 0) is 9.53 Å². The fraction of sp³-hybridized carbons (Fsp3) is 0.467. The first-order valence-electron chi connectivity index (χ1n) is 6.78. The first-order valence-corrected chi connectivity index (χ1v) is 6.78. The summed E-state index contributed by atoms with van der Waals surface area (Å²) in [6.45, 7) is 6.61. The normalized spacial score (nSPS) is 22.4. The molecule has 0 aromatic heterocycles. The number of nitrogens with zero attached hydrogens (tertiary/aromatic N) is 1. The van der Waals surface area contributed by atoms with E-state index in [1.807, 2.05) is 18.7 Å². The number of anilines is 1. The van der Waals surface area contributed by atoms with E-state index in [0.29, 0.717) is 24.3 Å². The molecular weight excluding hydrogens is 256 g/mol. The van der Waals surface area contributed by atoms with Crippen LogP contribution in [0.15, 0.2) is 24.3 Å². The summed E-state index contributed by atoms with van der Waals surface area (Å²) in [5.41, 5.74) is 1.32. The Kier molecular flexibility index (Phi) is 4.39. The van der Waals surface area contributed by atoms with Gasteiger partial charge in [-0.2, -0.15) is 0 Å². The van der Waals surface area contributed by atoms with Crippen molar-refractivity contribution in [3.8, 4) is 0 Å². The van der Waals surface area contributed by atoms with Crippen LogP contribution in [0.5, 0.6) is 0 Å². The zero-order valence-corrected chi connectivity index (χ0v) is 12.1. The molecule has 0 bridgehead atoms. The van der Waals surface area contributed by atoms with Gasteiger partial charge in [-0.25, -0.2) is 0 Å². The lowest BCUT2D eigenvalue weighted by Crippen LogP contribution is -2.48. The van der Waals surface area contributed by atoms with E-state index in [9.17, 15) is 9.59 Å². The van der Waals surface area contributed by atoms with Gasteiger partial charge in [-0.1, -0.05) is 0 Å². The fourth-order valence-electron chi connectivity index (χ4n) is 2.43. The molecule has 2 rings (SSSR count). The monoisotopic (exact) mass is 276 g/mol. The predicted molar refractivity (Wildman–Crippen MR) is 76.7 cm³/mol. The van der Waals surface area contributed by atoms with Crippen molar-refractivity contribution in [2.75, 3.05) is 18.4 Å². The smallest absolute Gasteiger partial charge is 0.254 e. The van der Waals surface area contributed by atoms with Gasteiger partial charge in [0.05, 0.1) is 12.2 Å². The maximum absolute atomic E-state index is 12.4. The molecule has 2 unspecified atom stereocenters. The Bertz CT molecular complexity index is 488. The second-order valence-electron chi connectivity index (χ2n) is 5.23. The van der Waals surface area contributed by atoms with Crippen LogP contribution in [-0.4, -0.2) is 42.0 Å². The Morgan fingerprint density at radius 2 is 1.70 bits per heavy atom. The zero-order valence-electron chi connectivity index (χ0n) is 12.1. The molecule has 1 aromatic carbocycles. The Morgan fingerprint density at radius 1 is 1.15 bits per heavy atom. The van der Waals surface area contributed by atoms with Crippen molar-refractivity contribution in [3.63, 3.8) is 0 Å². The van der Waals surface area contributed by atoms with E-state index in [0.717, 1.165) is 0 Å². The van der Waals surface area contributed by atoms with Gasteiger partial charge < -0.3 is 15.0 Å². The number of hydrogen-bond acceptors (Lipinski definition) is 3. The van der Waals surface area contributed by atoms with Gasteiger partial charge in [0.2, 0.25) is 5.91 Å². The van der Waals surface area contributed by atoms with E-state index in [2.05, 4.69) is 5.32 Å². The van der Waals surface area contributed by atoms with E-state index < -0.39 is 0 Å². The van der Waals surface area contributed by atoms with E-state index in [4.69, 9.17) is 4.74 Å². The van der Waals surface area contributed by atoms with Crippen LogP contribution in [0.3, 0.4) is 0 Å². The highest BCUT2D eigenvalue weighted by Gasteiger charge is 2.26. The summed E-state index contributed by atoms with van der Waals surface area (Å²) in [6, 6.07) is 6.95. The molecule has 1 N–H and O–H groups in total. The molecule has 0 aliphatic carbocycles. The lowest BCUT2D eigenvalue weighted by atomic mass is 10.1. The van der Waals surface area contributed by atoms with Gasteiger partial charge in [0.1, 0.15) is 0 Å². The van der Waals surface area contributed by atoms with Gasteiger partial charge in [-0.3, -0.25) is 9.59 Å². The number of ether oxygens (including phenoxy) is 1. The zero-order chi connectivity index (χ0) is 14.7. The Labute approximate surface area is 118 Å². The SMILES string of the molecule is CC(=O)Nc1ccc(C(=O)N2CC(C)OC(C)C2)cc1. The average Bonchev–Trinajstić information content (AvgIpc) is 2.37. The molecule has 0 saturated carbocycles. The number of hydrogen-bond donors (Lipinski definition) is 1. The number of rotatable bonds is 2. The summed E-state index contributed by atoms with van der Waals surface area (Å²) in [6.07, 6.45) is 0.114. The largest absolute Gasteiger partial charge is 0.372 e. The third-order valence-electron chi connectivity index (χ3n) is 3.16. The molecule has 0 spiro atoms. The molecule has 1 aliphatic heterocycles. The van der Waals surface area contributed by atoms with Crippen molar-refractivity contribution >= 4 is 17.5 Å². The molecule has 1 aliphatic rings. The van der Waals surface area contributed by atoms with Crippen LogP contribution in [0, 0.1) is 0 Å². The van der Waals surface area contributed by atoms with Crippen LogP contribution in [0.25, 0.3) is 0 Å². The van der Waals surface area contributed by atoms with Gasteiger partial charge in [0.25, 0.3) is 5.91 Å². The van der Waals surface area contributed by atoms with E-state index in [-0.39, 0.29) is 24.0 Å². The minimum absolute atomic E-state index is 0.00127. The summed E-state index contributed by atoms with van der Waals surface area (Å²) >= 11 is 0. The Morgan fingerprint density at radius 3 is 2.20 bits per heavy atom. The molecule has 5 nitrogen and oxygen atoms in total. The van der Waals surface area contributed by atoms with Crippen LogP contribution >= 0.6 is 0 Å². The van der Waals surface area contributed by atoms with Gasteiger partial charge in [-0.15, -0.1) is 0 Å². The fourth-order valence-corrected chi connectivity index (χ4v) is 2.43. The summed E-state index contributed by atoms with van der Waals surface area (Å²) in [7, 11) is 0. The summed E-state index contributed by atoms with van der Waals surface area (Å²) in [5, 5.41) is 2.68. The molecule has 1 fully saturated rings. The van der Waals surface area contributed by atoms with Crippen molar-refractivity contribution in [2.24, 2.45) is 0 Å². The van der Waals surface area contributed by atoms with E-state index >= 15 is 0 Å². The third-order valence-corrected chi connectivity index (χ3v) is 3.16. The van der Waals surface area contributed by atoms with E-state index in [1.165, 1.54) is 6.92 Å². The first-order chi connectivity index (χ1) is 9.45. The van der Waals surface area contributed by atoms with E-state index in [1.54, 1.807) is 24.3 Å². The van der Waals surface area contributed by atoms with Crippen molar-refractivity contribution in [1.82, 2.24) is 4.90 Å². The topological polar surface area (TPSA) is 58.6 Å². The minimum atomic E-state index is -0.125. The van der Waals surface area contributed by atoms with Crippen LogP contribution < -0.4 is 5.32 Å². The predicted octanol–water partition coefficient (Wildman–Crippen LogP) is 1.89. The maximum Gasteiger partial charge on any atom is 0.254 e. The molecule has 2 atom stereocenters. The number of amides is 2. The minimum Gasteiger partial charge on any atom is -0.372 e. The average molecular weight is 276 g/mol. The molecule has 0 radical (unpaired) electrons. The molecule has 5 heteroatoms. The maximum atomic E-state index is 12.4. The third kappa shape index (κ3) is 3.57. The van der Waals surface area contributed by atoms with Crippen molar-refractivity contribution in [2.45, 2.75) is 33.0 Å². The molecule has 1 heterocycles. The van der Waals surface area contributed by atoms with Crippen LogP contribution in [0.4, 0.5) is 5.69 Å². The number of benzene rings is 1. The van der Waals surface area contributed by atoms with Crippen LogP contribution in [0.1, 0.15) is 31.1 Å². The first kappa shape index (κ1) is 14.5. The quantitative estimate of drug-likeness (QED) is 0.897. The summed E-state index contributed by atoms with van der Waals surface area (Å²) in [5.74, 6) is -0.124. The molecule has 20 heavy (non-hydrogen) atoms. The van der Waals surface area contributed by atoms with Crippen molar-refractivity contribution in [1.29, 1.82) is 0 Å². The van der Waals surface area contributed by atoms with Crippen molar-refractivity contribution in [3.05, 3.63) is 29.8 Å². The number of morpholine rings is 1. The Hall–Kier alpha value is -1.88. The highest BCUT2D eigenvalue weighted by molar-refractivity contribution is 5.95.